The van der Waals surface area contributed by atoms with E-state index < -0.39 is 29.9 Å². The Bertz CT molecular complexity index is 486. The normalized spacial score (nSPS) is 15.1. The predicted octanol–water partition coefficient (Wildman–Crippen LogP) is 0.0545. The maximum absolute atomic E-state index is 11.9. The van der Waals surface area contributed by atoms with Gasteiger partial charge in [-0.05, 0) is 6.92 Å². The van der Waals surface area contributed by atoms with Crippen LogP contribution in [0.5, 0.6) is 0 Å². The molecule has 1 aromatic heterocycles. The monoisotopic (exact) mass is 299 g/mol. The molecular formula is C13H21N3O5. The fraction of sp³-hybridized carbons (Fsp3) is 0.692. The lowest BCUT2D eigenvalue weighted by atomic mass is 9.96. The summed E-state index contributed by atoms with van der Waals surface area (Å²) in [6.45, 7) is 4.60. The van der Waals surface area contributed by atoms with Crippen LogP contribution in [0.3, 0.4) is 0 Å². The average Bonchev–Trinajstić information content (AvgIpc) is 2.86. The van der Waals surface area contributed by atoms with Crippen molar-refractivity contribution in [2.45, 2.75) is 33.5 Å². The Balaban J connectivity index is 2.43. The van der Waals surface area contributed by atoms with Crippen LogP contribution in [0.1, 0.15) is 26.5 Å². The van der Waals surface area contributed by atoms with E-state index in [0.717, 1.165) is 0 Å². The summed E-state index contributed by atoms with van der Waals surface area (Å²) < 4.78 is 11.5. The number of aryl methyl sites for hydroxylation is 1. The molecular weight excluding hydrogens is 278 g/mol. The zero-order valence-corrected chi connectivity index (χ0v) is 12.6. The molecule has 8 heteroatoms. The minimum Gasteiger partial charge on any atom is -0.463 e. The first-order valence-electron chi connectivity index (χ1n) is 6.67. The van der Waals surface area contributed by atoms with Gasteiger partial charge in [0, 0.05) is 7.05 Å². The molecule has 0 radical (unpaired) electrons. The van der Waals surface area contributed by atoms with Crippen molar-refractivity contribution in [3.05, 3.63) is 11.9 Å². The van der Waals surface area contributed by atoms with Gasteiger partial charge >= 0.3 is 11.9 Å². The molecule has 0 fully saturated rings. The van der Waals surface area contributed by atoms with Crippen molar-refractivity contribution in [3.63, 3.8) is 0 Å². The van der Waals surface area contributed by atoms with Crippen molar-refractivity contribution in [1.29, 1.82) is 0 Å². The third kappa shape index (κ3) is 5.50. The summed E-state index contributed by atoms with van der Waals surface area (Å²) in [6.07, 6.45) is 0.901. The molecule has 0 aliphatic rings. The number of hydrogen-bond donors (Lipinski definition) is 1. The molecule has 8 nitrogen and oxygen atoms in total. The van der Waals surface area contributed by atoms with E-state index in [1.807, 2.05) is 0 Å². The maximum Gasteiger partial charge on any atom is 0.309 e. The van der Waals surface area contributed by atoms with Gasteiger partial charge < -0.3 is 14.6 Å². The zero-order chi connectivity index (χ0) is 16.0. The van der Waals surface area contributed by atoms with Crippen LogP contribution in [0.15, 0.2) is 6.20 Å². The number of nitrogens with zero attached hydrogens (tertiary/aromatic N) is 3. The highest BCUT2D eigenvalue weighted by atomic mass is 16.5. The number of ether oxygens (including phenoxy) is 2. The second kappa shape index (κ2) is 7.72. The molecule has 21 heavy (non-hydrogen) atoms. The highest BCUT2D eigenvalue weighted by Crippen LogP contribution is 2.15. The van der Waals surface area contributed by atoms with Crippen LogP contribution in [-0.2, 0) is 32.7 Å². The topological polar surface area (TPSA) is 104 Å². The molecule has 0 aliphatic carbocycles. The molecule has 3 unspecified atom stereocenters. The van der Waals surface area contributed by atoms with E-state index >= 15 is 0 Å². The molecule has 1 aromatic rings. The smallest absolute Gasteiger partial charge is 0.309 e. The summed E-state index contributed by atoms with van der Waals surface area (Å²) >= 11 is 0. The molecule has 0 spiro atoms. The Morgan fingerprint density at radius 3 is 2.29 bits per heavy atom. The lowest BCUT2D eigenvalue weighted by molar-refractivity contribution is -0.161. The molecule has 0 bridgehead atoms. The number of carbonyl (C=O) groups excluding carboxylic acids is 2. The Labute approximate surface area is 123 Å². The highest BCUT2D eigenvalue weighted by molar-refractivity contribution is 5.81. The van der Waals surface area contributed by atoms with E-state index in [2.05, 4.69) is 10.3 Å². The van der Waals surface area contributed by atoms with E-state index in [0.29, 0.717) is 5.69 Å². The summed E-state index contributed by atoms with van der Waals surface area (Å²) in [4.78, 5) is 23.6. The van der Waals surface area contributed by atoms with Crippen molar-refractivity contribution < 1.29 is 24.2 Å². The summed E-state index contributed by atoms with van der Waals surface area (Å²) in [5.41, 5.74) is 0.530. The standard InChI is InChI=1S/C13H21N3O5/c1-8(17)6-20-12(18)9(2)10(3)13(19)21-7-11-5-16(4)15-14-11/h5,8-10,17H,6-7H2,1-4H3. The number of rotatable bonds is 7. The molecule has 0 aliphatic heterocycles. The number of carbonyl (C=O) groups is 2. The van der Waals surface area contributed by atoms with Gasteiger partial charge in [-0.3, -0.25) is 14.3 Å². The lowest BCUT2D eigenvalue weighted by Crippen LogP contribution is -2.30. The van der Waals surface area contributed by atoms with Crippen LogP contribution in [0.2, 0.25) is 0 Å². The summed E-state index contributed by atoms with van der Waals surface area (Å²) in [5, 5.41) is 16.6. The fourth-order valence-corrected chi connectivity index (χ4v) is 1.48. The molecule has 0 aromatic carbocycles. The third-order valence-corrected chi connectivity index (χ3v) is 2.97. The van der Waals surface area contributed by atoms with Crippen LogP contribution < -0.4 is 0 Å². The van der Waals surface area contributed by atoms with Crippen molar-refractivity contribution in [1.82, 2.24) is 15.0 Å². The summed E-state index contributed by atoms with van der Waals surface area (Å²) in [5.74, 6) is -2.36. The highest BCUT2D eigenvalue weighted by Gasteiger charge is 2.29. The molecule has 118 valence electrons. The maximum atomic E-state index is 11.9. The molecule has 1 heterocycles. The van der Waals surface area contributed by atoms with Crippen molar-refractivity contribution in [2.75, 3.05) is 6.61 Å². The van der Waals surface area contributed by atoms with Crippen LogP contribution in [0.25, 0.3) is 0 Å². The third-order valence-electron chi connectivity index (χ3n) is 2.97. The number of esters is 2. The Morgan fingerprint density at radius 2 is 1.81 bits per heavy atom. The first kappa shape index (κ1) is 17.1. The van der Waals surface area contributed by atoms with Gasteiger partial charge in [-0.2, -0.15) is 0 Å². The van der Waals surface area contributed by atoms with Crippen LogP contribution in [0, 0.1) is 11.8 Å². The van der Waals surface area contributed by atoms with Gasteiger partial charge in [0.1, 0.15) is 18.9 Å². The minimum absolute atomic E-state index is 0.00640. The SMILES string of the molecule is CC(O)COC(=O)C(C)C(C)C(=O)OCc1cn(C)nn1. The van der Waals surface area contributed by atoms with Crippen molar-refractivity contribution in [3.8, 4) is 0 Å². The van der Waals surface area contributed by atoms with Gasteiger partial charge in [-0.1, -0.05) is 19.1 Å². The zero-order valence-electron chi connectivity index (χ0n) is 12.6. The summed E-state index contributed by atoms with van der Waals surface area (Å²) in [6, 6.07) is 0. The van der Waals surface area contributed by atoms with E-state index in [9.17, 15) is 9.59 Å². The molecule has 3 atom stereocenters. The first-order valence-corrected chi connectivity index (χ1v) is 6.67. The van der Waals surface area contributed by atoms with Gasteiger partial charge in [0.05, 0.1) is 24.1 Å². The number of aromatic nitrogens is 3. The molecule has 0 saturated carbocycles. The average molecular weight is 299 g/mol. The lowest BCUT2D eigenvalue weighted by Gasteiger charge is -2.17. The molecule has 1 rings (SSSR count). The van der Waals surface area contributed by atoms with Crippen molar-refractivity contribution in [2.24, 2.45) is 18.9 Å². The van der Waals surface area contributed by atoms with Crippen LogP contribution in [0.4, 0.5) is 0 Å². The second-order valence-corrected chi connectivity index (χ2v) is 5.05. The molecule has 1 N–H and O–H groups in total. The fourth-order valence-electron chi connectivity index (χ4n) is 1.48. The largest absolute Gasteiger partial charge is 0.463 e. The second-order valence-electron chi connectivity index (χ2n) is 5.05. The first-order chi connectivity index (χ1) is 9.81. The predicted molar refractivity (Wildman–Crippen MR) is 71.8 cm³/mol. The van der Waals surface area contributed by atoms with Gasteiger partial charge in [0.25, 0.3) is 0 Å². The number of aliphatic hydroxyl groups excluding tert-OH is 1. The van der Waals surface area contributed by atoms with Crippen LogP contribution >= 0.6 is 0 Å². The van der Waals surface area contributed by atoms with Crippen molar-refractivity contribution >= 4 is 11.9 Å². The number of hydrogen-bond acceptors (Lipinski definition) is 7. The molecule has 0 amide bonds. The van der Waals surface area contributed by atoms with E-state index in [1.165, 1.54) is 11.6 Å². The quantitative estimate of drug-likeness (QED) is 0.710. The van der Waals surface area contributed by atoms with Gasteiger partial charge in [-0.25, -0.2) is 0 Å². The summed E-state index contributed by atoms with van der Waals surface area (Å²) in [7, 11) is 1.71. The molecule has 0 saturated heterocycles. The van der Waals surface area contributed by atoms with Gasteiger partial charge in [-0.15, -0.1) is 5.10 Å². The van der Waals surface area contributed by atoms with Gasteiger partial charge in [0.2, 0.25) is 0 Å². The minimum atomic E-state index is -0.736. The Kier molecular flexibility index (Phi) is 6.29. The van der Waals surface area contributed by atoms with E-state index in [4.69, 9.17) is 14.6 Å². The van der Waals surface area contributed by atoms with E-state index in [-0.39, 0.29) is 13.2 Å². The number of aliphatic hydroxyl groups is 1. The Hall–Kier alpha value is -1.96. The van der Waals surface area contributed by atoms with Gasteiger partial charge in [0.15, 0.2) is 0 Å². The van der Waals surface area contributed by atoms with E-state index in [1.54, 1.807) is 27.1 Å². The Morgan fingerprint density at radius 1 is 1.24 bits per heavy atom. The van der Waals surface area contributed by atoms with Crippen LogP contribution in [-0.4, -0.2) is 44.7 Å².